The lowest BCUT2D eigenvalue weighted by Gasteiger charge is -2.08. The molecule has 2 aromatic rings. The largest absolute Gasteiger partial charge is 0.372 e. The van der Waals surface area contributed by atoms with Crippen molar-refractivity contribution in [2.45, 2.75) is 26.9 Å². The van der Waals surface area contributed by atoms with Crippen LogP contribution in [0.1, 0.15) is 11.1 Å². The Morgan fingerprint density at radius 3 is 2.26 bits per heavy atom. The number of rotatable bonds is 5. The first-order valence-electron chi connectivity index (χ1n) is 6.57. The van der Waals surface area contributed by atoms with E-state index in [0.29, 0.717) is 13.2 Å². The van der Waals surface area contributed by atoms with Crippen LogP contribution < -0.4 is 5.46 Å². The van der Waals surface area contributed by atoms with Gasteiger partial charge in [0.25, 0.3) is 0 Å². The molecule has 0 heterocycles. The number of ether oxygens (including phenoxy) is 1. The molecule has 0 unspecified atom stereocenters. The van der Waals surface area contributed by atoms with Gasteiger partial charge in [-0.2, -0.15) is 0 Å². The zero-order valence-electron chi connectivity index (χ0n) is 11.4. The van der Waals surface area contributed by atoms with Gasteiger partial charge < -0.3 is 4.74 Å². The monoisotopic (exact) mass is 256 g/mol. The second kappa shape index (κ2) is 6.53. The van der Waals surface area contributed by atoms with Crippen molar-refractivity contribution in [2.24, 2.45) is 0 Å². The Morgan fingerprint density at radius 2 is 1.63 bits per heavy atom. The predicted molar refractivity (Wildman–Crippen MR) is 78.5 cm³/mol. The fraction of sp³-hybridized carbons (Fsp3) is 0.250. The summed E-state index contributed by atoms with van der Waals surface area (Å²) in [5.74, 6) is -0.143. The van der Waals surface area contributed by atoms with Gasteiger partial charge in [-0.1, -0.05) is 56.1 Å². The number of hydrogen-bond acceptors (Lipinski definition) is 1. The summed E-state index contributed by atoms with van der Waals surface area (Å²) < 4.78 is 19.4. The van der Waals surface area contributed by atoms with E-state index in [2.05, 4.69) is 0 Å². The molecule has 19 heavy (non-hydrogen) atoms. The Balaban J connectivity index is 1.92. The minimum Gasteiger partial charge on any atom is -0.372 e. The number of benzene rings is 2. The van der Waals surface area contributed by atoms with Crippen LogP contribution >= 0.6 is 0 Å². The van der Waals surface area contributed by atoms with Crippen molar-refractivity contribution in [1.82, 2.24) is 0 Å². The Kier molecular flexibility index (Phi) is 4.75. The molecule has 1 nitrogen and oxygen atoms in total. The molecule has 0 bridgehead atoms. The van der Waals surface area contributed by atoms with E-state index in [-0.39, 0.29) is 12.5 Å². The lowest BCUT2D eigenvalue weighted by Crippen LogP contribution is -2.26. The number of hydrogen-bond donors (Lipinski definition) is 0. The highest BCUT2D eigenvalue weighted by Crippen LogP contribution is 2.07. The molecule has 0 saturated heterocycles. The fourth-order valence-electron chi connectivity index (χ4n) is 1.99. The minimum absolute atomic E-state index is 0.143. The average Bonchev–Trinajstić information content (AvgIpc) is 2.39. The third-order valence-corrected chi connectivity index (χ3v) is 3.07. The maximum Gasteiger partial charge on any atom is 0.173 e. The molecule has 0 N–H and O–H groups in total. The second-order valence-corrected chi connectivity index (χ2v) is 4.99. The van der Waals surface area contributed by atoms with Crippen molar-refractivity contribution in [3.05, 3.63) is 65.5 Å². The van der Waals surface area contributed by atoms with E-state index >= 15 is 0 Å². The molecule has 0 aliphatic rings. The van der Waals surface area contributed by atoms with E-state index in [9.17, 15) is 4.39 Å². The molecule has 0 atom stereocenters. The third-order valence-electron chi connectivity index (χ3n) is 3.07. The average molecular weight is 256 g/mol. The summed E-state index contributed by atoms with van der Waals surface area (Å²) in [6.45, 7) is 5.17. The topological polar surface area (TPSA) is 9.23 Å². The van der Waals surface area contributed by atoms with E-state index in [1.54, 1.807) is 6.07 Å². The quantitative estimate of drug-likeness (QED) is 0.744. The summed E-state index contributed by atoms with van der Waals surface area (Å²) >= 11 is 0. The minimum atomic E-state index is -0.143. The first-order valence-corrected chi connectivity index (χ1v) is 6.57. The van der Waals surface area contributed by atoms with Crippen molar-refractivity contribution in [1.29, 1.82) is 0 Å². The molecule has 0 radical (unpaired) electrons. The van der Waals surface area contributed by atoms with Gasteiger partial charge >= 0.3 is 0 Å². The summed E-state index contributed by atoms with van der Waals surface area (Å²) in [6, 6.07) is 15.3. The van der Waals surface area contributed by atoms with Gasteiger partial charge in [-0.3, -0.25) is 0 Å². The molecule has 0 saturated carbocycles. The molecule has 0 aliphatic carbocycles. The van der Waals surface area contributed by atoms with Gasteiger partial charge in [-0.15, -0.1) is 0 Å². The molecule has 0 aliphatic heterocycles. The highest BCUT2D eigenvalue weighted by atomic mass is 19.1. The summed E-state index contributed by atoms with van der Waals surface area (Å²) in [5, 5.41) is 0. The second-order valence-electron chi connectivity index (χ2n) is 4.99. The lowest BCUT2D eigenvalue weighted by molar-refractivity contribution is 0.107. The Labute approximate surface area is 114 Å². The molecule has 0 spiro atoms. The maximum absolute atomic E-state index is 13.8. The van der Waals surface area contributed by atoms with Crippen LogP contribution in [-0.2, 0) is 18.0 Å². The first-order chi connectivity index (χ1) is 9.16. The van der Waals surface area contributed by atoms with Gasteiger partial charge in [0, 0.05) is 0 Å². The Bertz CT molecular complexity index is 526. The van der Waals surface area contributed by atoms with Gasteiger partial charge in [0.15, 0.2) is 6.71 Å². The zero-order valence-corrected chi connectivity index (χ0v) is 11.4. The highest BCUT2D eigenvalue weighted by Gasteiger charge is 2.09. The van der Waals surface area contributed by atoms with E-state index in [1.807, 2.05) is 56.1 Å². The molecule has 0 aromatic heterocycles. The van der Waals surface area contributed by atoms with Crippen LogP contribution in [0, 0.1) is 5.82 Å². The van der Waals surface area contributed by atoms with E-state index in [1.165, 1.54) is 0 Å². The third kappa shape index (κ3) is 3.93. The normalized spacial score (nSPS) is 10.5. The van der Waals surface area contributed by atoms with Gasteiger partial charge in [0.1, 0.15) is 5.82 Å². The number of halogens is 1. The first kappa shape index (κ1) is 13.8. The highest BCUT2D eigenvalue weighted by molar-refractivity contribution is 6.70. The molecule has 3 heteroatoms. The lowest BCUT2D eigenvalue weighted by atomic mass is 9.49. The standard InChI is InChI=1S/C16H18BFO/c1-17(2)15-9-8-14(10-16(15)18)12-19-11-13-6-4-3-5-7-13/h3-10H,11-12H2,1-2H3. The Morgan fingerprint density at radius 1 is 0.947 bits per heavy atom. The van der Waals surface area contributed by atoms with Gasteiger partial charge in [-0.25, -0.2) is 4.39 Å². The summed E-state index contributed by atoms with van der Waals surface area (Å²) in [7, 11) is 0. The van der Waals surface area contributed by atoms with Crippen molar-refractivity contribution < 1.29 is 9.13 Å². The van der Waals surface area contributed by atoms with Crippen LogP contribution in [0.2, 0.25) is 13.6 Å². The van der Waals surface area contributed by atoms with E-state index in [4.69, 9.17) is 4.74 Å². The van der Waals surface area contributed by atoms with Crippen LogP contribution in [0.25, 0.3) is 0 Å². The van der Waals surface area contributed by atoms with Crippen LogP contribution in [-0.4, -0.2) is 6.71 Å². The van der Waals surface area contributed by atoms with Crippen LogP contribution in [0.3, 0.4) is 0 Å². The SMILES string of the molecule is CB(C)c1ccc(COCc2ccccc2)cc1F. The van der Waals surface area contributed by atoms with Crippen molar-refractivity contribution >= 4 is 12.2 Å². The summed E-state index contributed by atoms with van der Waals surface area (Å²) in [4.78, 5) is 0. The molecular formula is C16H18BFO. The maximum atomic E-state index is 13.8. The van der Waals surface area contributed by atoms with E-state index in [0.717, 1.165) is 16.6 Å². The van der Waals surface area contributed by atoms with Crippen LogP contribution in [0.15, 0.2) is 48.5 Å². The smallest absolute Gasteiger partial charge is 0.173 e. The molecule has 0 amide bonds. The molecule has 2 aromatic carbocycles. The summed E-state index contributed by atoms with van der Waals surface area (Å²) in [6.07, 6.45) is 0. The molecular weight excluding hydrogens is 238 g/mol. The van der Waals surface area contributed by atoms with Gasteiger partial charge in [0.2, 0.25) is 0 Å². The predicted octanol–water partition coefficient (Wildman–Crippen LogP) is 3.50. The zero-order chi connectivity index (χ0) is 13.7. The fourth-order valence-corrected chi connectivity index (χ4v) is 1.99. The van der Waals surface area contributed by atoms with Crippen LogP contribution in [0.5, 0.6) is 0 Å². The Hall–Kier alpha value is -1.61. The van der Waals surface area contributed by atoms with E-state index < -0.39 is 0 Å². The van der Waals surface area contributed by atoms with Gasteiger partial charge in [0.05, 0.1) is 13.2 Å². The van der Waals surface area contributed by atoms with Crippen molar-refractivity contribution in [3.63, 3.8) is 0 Å². The summed E-state index contributed by atoms with van der Waals surface area (Å²) in [5.41, 5.74) is 2.76. The van der Waals surface area contributed by atoms with Gasteiger partial charge in [-0.05, 0) is 22.7 Å². The molecule has 0 fully saturated rings. The van der Waals surface area contributed by atoms with Crippen LogP contribution in [0.4, 0.5) is 4.39 Å². The van der Waals surface area contributed by atoms with Crippen molar-refractivity contribution in [2.75, 3.05) is 0 Å². The molecule has 98 valence electrons. The molecule has 2 rings (SSSR count). The van der Waals surface area contributed by atoms with Crippen molar-refractivity contribution in [3.8, 4) is 0 Å².